The Morgan fingerprint density at radius 3 is 2.52 bits per heavy atom. The highest BCUT2D eigenvalue weighted by Gasteiger charge is 2.20. The molecule has 0 spiro atoms. The summed E-state index contributed by atoms with van der Waals surface area (Å²) in [6.45, 7) is 9.11. The minimum Gasteiger partial charge on any atom is -0.383 e. The second-order valence-electron chi connectivity index (χ2n) is 6.85. The van der Waals surface area contributed by atoms with Crippen LogP contribution in [-0.2, 0) is 4.74 Å². The fourth-order valence-corrected chi connectivity index (χ4v) is 3.33. The van der Waals surface area contributed by atoms with Crippen LogP contribution in [0.3, 0.4) is 0 Å². The zero-order chi connectivity index (χ0) is 19.2. The first kappa shape index (κ1) is 19.2. The van der Waals surface area contributed by atoms with Crippen molar-refractivity contribution in [2.75, 3.05) is 56.2 Å². The van der Waals surface area contributed by atoms with E-state index in [1.807, 2.05) is 12.1 Å². The van der Waals surface area contributed by atoms with Gasteiger partial charge in [0.05, 0.1) is 12.2 Å². The van der Waals surface area contributed by atoms with Gasteiger partial charge in [0.25, 0.3) is 5.91 Å². The average molecular weight is 368 g/mol. The molecule has 1 aromatic carbocycles. The molecule has 1 aromatic heterocycles. The van der Waals surface area contributed by atoms with Crippen LogP contribution in [-0.4, -0.2) is 57.3 Å². The number of benzene rings is 1. The molecular formula is C21H28N4O2. The van der Waals surface area contributed by atoms with Crippen LogP contribution in [0.5, 0.6) is 0 Å². The first-order valence-electron chi connectivity index (χ1n) is 9.39. The average Bonchev–Trinajstić information content (AvgIpc) is 2.70. The van der Waals surface area contributed by atoms with E-state index >= 15 is 0 Å². The molecule has 1 N–H and O–H groups in total. The fourth-order valence-electron chi connectivity index (χ4n) is 3.33. The SMILES string of the molecule is COCCNC(=O)c1ccc(N2CCN(c3cccc(C)c3C)CC2)nc1. The van der Waals surface area contributed by atoms with Crippen LogP contribution in [0.2, 0.25) is 0 Å². The zero-order valence-corrected chi connectivity index (χ0v) is 16.4. The Hall–Kier alpha value is -2.60. The summed E-state index contributed by atoms with van der Waals surface area (Å²) in [4.78, 5) is 21.2. The van der Waals surface area contributed by atoms with E-state index in [-0.39, 0.29) is 5.91 Å². The van der Waals surface area contributed by atoms with Crippen LogP contribution in [0, 0.1) is 13.8 Å². The smallest absolute Gasteiger partial charge is 0.252 e. The highest BCUT2D eigenvalue weighted by molar-refractivity contribution is 5.94. The number of piperazine rings is 1. The predicted octanol–water partition coefficient (Wildman–Crippen LogP) is 2.40. The number of hydrogen-bond acceptors (Lipinski definition) is 5. The minimum absolute atomic E-state index is 0.120. The Bertz CT molecular complexity index is 768. The monoisotopic (exact) mass is 368 g/mol. The minimum atomic E-state index is -0.120. The van der Waals surface area contributed by atoms with Crippen molar-refractivity contribution in [2.45, 2.75) is 13.8 Å². The second kappa shape index (κ2) is 8.86. The number of hydrogen-bond donors (Lipinski definition) is 1. The van der Waals surface area contributed by atoms with Crippen molar-refractivity contribution in [3.63, 3.8) is 0 Å². The van der Waals surface area contributed by atoms with Gasteiger partial charge in [0.1, 0.15) is 5.82 Å². The lowest BCUT2D eigenvalue weighted by Gasteiger charge is -2.37. The first-order chi connectivity index (χ1) is 13.1. The van der Waals surface area contributed by atoms with Crippen molar-refractivity contribution in [2.24, 2.45) is 0 Å². The molecule has 144 valence electrons. The Kier molecular flexibility index (Phi) is 6.29. The highest BCUT2D eigenvalue weighted by Crippen LogP contribution is 2.25. The first-order valence-corrected chi connectivity index (χ1v) is 9.39. The lowest BCUT2D eigenvalue weighted by atomic mass is 10.1. The van der Waals surface area contributed by atoms with E-state index in [1.54, 1.807) is 13.3 Å². The number of pyridine rings is 1. The Balaban J connectivity index is 1.58. The molecule has 2 aromatic rings. The van der Waals surface area contributed by atoms with Crippen molar-refractivity contribution in [3.05, 3.63) is 53.2 Å². The molecule has 0 radical (unpaired) electrons. The number of amides is 1. The largest absolute Gasteiger partial charge is 0.383 e. The van der Waals surface area contributed by atoms with Crippen LogP contribution >= 0.6 is 0 Å². The molecule has 0 bridgehead atoms. The molecule has 1 aliphatic heterocycles. The second-order valence-corrected chi connectivity index (χ2v) is 6.85. The van der Waals surface area contributed by atoms with Crippen LogP contribution in [0.1, 0.15) is 21.5 Å². The summed E-state index contributed by atoms with van der Waals surface area (Å²) < 4.78 is 4.94. The Labute approximate surface area is 161 Å². The van der Waals surface area contributed by atoms with Gasteiger partial charge in [-0.25, -0.2) is 4.98 Å². The molecule has 27 heavy (non-hydrogen) atoms. The molecular weight excluding hydrogens is 340 g/mol. The summed E-state index contributed by atoms with van der Waals surface area (Å²) in [6, 6.07) is 10.3. The number of aromatic nitrogens is 1. The van der Waals surface area contributed by atoms with Gasteiger partial charge in [-0.05, 0) is 43.2 Å². The molecule has 0 saturated carbocycles. The number of ether oxygens (including phenoxy) is 1. The third kappa shape index (κ3) is 4.57. The normalized spacial score (nSPS) is 14.3. The molecule has 0 unspecified atom stereocenters. The maximum absolute atomic E-state index is 12.0. The van der Waals surface area contributed by atoms with Gasteiger partial charge in [-0.15, -0.1) is 0 Å². The maximum Gasteiger partial charge on any atom is 0.252 e. The van der Waals surface area contributed by atoms with Crippen LogP contribution in [0.4, 0.5) is 11.5 Å². The summed E-state index contributed by atoms with van der Waals surface area (Å²) >= 11 is 0. The summed E-state index contributed by atoms with van der Waals surface area (Å²) in [7, 11) is 1.61. The quantitative estimate of drug-likeness (QED) is 0.794. The van der Waals surface area contributed by atoms with Crippen molar-refractivity contribution in [3.8, 4) is 0 Å². The molecule has 1 aliphatic rings. The molecule has 6 nitrogen and oxygen atoms in total. The molecule has 1 saturated heterocycles. The number of nitrogens with one attached hydrogen (secondary N) is 1. The molecule has 0 aliphatic carbocycles. The molecule has 6 heteroatoms. The number of carbonyl (C=O) groups is 1. The number of methoxy groups -OCH3 is 1. The number of anilines is 2. The van der Waals surface area contributed by atoms with E-state index in [4.69, 9.17) is 4.74 Å². The van der Waals surface area contributed by atoms with Gasteiger partial charge in [-0.2, -0.15) is 0 Å². The van der Waals surface area contributed by atoms with Gasteiger partial charge >= 0.3 is 0 Å². The standard InChI is InChI=1S/C21H28N4O2/c1-16-5-4-6-19(17(16)2)24-10-12-25(13-11-24)20-8-7-18(15-23-20)21(26)22-9-14-27-3/h4-8,15H,9-14H2,1-3H3,(H,22,26). The summed E-state index contributed by atoms with van der Waals surface area (Å²) in [5, 5.41) is 2.81. The fraction of sp³-hybridized carbons (Fsp3) is 0.429. The maximum atomic E-state index is 12.0. The van der Waals surface area contributed by atoms with Gasteiger partial charge in [0, 0.05) is 51.7 Å². The lowest BCUT2D eigenvalue weighted by Crippen LogP contribution is -2.47. The third-order valence-electron chi connectivity index (χ3n) is 5.12. The Morgan fingerprint density at radius 2 is 1.85 bits per heavy atom. The summed E-state index contributed by atoms with van der Waals surface area (Å²) in [6.07, 6.45) is 1.65. The van der Waals surface area contributed by atoms with E-state index < -0.39 is 0 Å². The van der Waals surface area contributed by atoms with Crippen molar-refractivity contribution in [1.29, 1.82) is 0 Å². The molecule has 2 heterocycles. The van der Waals surface area contributed by atoms with Gasteiger partial charge < -0.3 is 19.9 Å². The van der Waals surface area contributed by atoms with Crippen molar-refractivity contribution < 1.29 is 9.53 Å². The summed E-state index contributed by atoms with van der Waals surface area (Å²) in [5.41, 5.74) is 4.58. The molecule has 1 amide bonds. The molecule has 3 rings (SSSR count). The molecule has 1 fully saturated rings. The van der Waals surface area contributed by atoms with Crippen LogP contribution in [0.25, 0.3) is 0 Å². The zero-order valence-electron chi connectivity index (χ0n) is 16.4. The number of carbonyl (C=O) groups excluding carboxylic acids is 1. The summed E-state index contributed by atoms with van der Waals surface area (Å²) in [5.74, 6) is 0.801. The van der Waals surface area contributed by atoms with E-state index in [0.717, 1.165) is 32.0 Å². The van der Waals surface area contributed by atoms with Gasteiger partial charge in [-0.1, -0.05) is 12.1 Å². The van der Waals surface area contributed by atoms with E-state index in [9.17, 15) is 4.79 Å². The van der Waals surface area contributed by atoms with E-state index in [1.165, 1.54) is 16.8 Å². The lowest BCUT2D eigenvalue weighted by molar-refractivity contribution is 0.0937. The van der Waals surface area contributed by atoms with Crippen LogP contribution < -0.4 is 15.1 Å². The third-order valence-corrected chi connectivity index (χ3v) is 5.12. The van der Waals surface area contributed by atoms with Crippen LogP contribution in [0.15, 0.2) is 36.5 Å². The molecule has 0 atom stereocenters. The van der Waals surface area contributed by atoms with E-state index in [0.29, 0.717) is 18.7 Å². The number of rotatable bonds is 6. The number of aryl methyl sites for hydroxylation is 1. The number of nitrogens with zero attached hydrogens (tertiary/aromatic N) is 3. The van der Waals surface area contributed by atoms with Crippen molar-refractivity contribution >= 4 is 17.4 Å². The van der Waals surface area contributed by atoms with Crippen molar-refractivity contribution in [1.82, 2.24) is 10.3 Å². The van der Waals surface area contributed by atoms with E-state index in [2.05, 4.69) is 52.1 Å². The van der Waals surface area contributed by atoms with Gasteiger partial charge in [0.2, 0.25) is 0 Å². The van der Waals surface area contributed by atoms with Gasteiger partial charge in [-0.3, -0.25) is 4.79 Å². The Morgan fingerprint density at radius 1 is 1.11 bits per heavy atom. The predicted molar refractivity (Wildman–Crippen MR) is 109 cm³/mol. The highest BCUT2D eigenvalue weighted by atomic mass is 16.5. The topological polar surface area (TPSA) is 57.7 Å². The van der Waals surface area contributed by atoms with Gasteiger partial charge in [0.15, 0.2) is 0 Å².